The van der Waals surface area contributed by atoms with Crippen LogP contribution in [-0.4, -0.2) is 0 Å². The Kier molecular flexibility index (Phi) is 4.94. The summed E-state index contributed by atoms with van der Waals surface area (Å²) in [6, 6.07) is 9.23. The third kappa shape index (κ3) is 4.20. The second-order valence-electron chi connectivity index (χ2n) is 4.53. The normalized spacial score (nSPS) is 13.2. The second kappa shape index (κ2) is 6.36. The maximum absolute atomic E-state index is 13.8. The fourth-order valence-electron chi connectivity index (χ4n) is 1.90. The van der Waals surface area contributed by atoms with Crippen LogP contribution >= 0.6 is 27.5 Å². The van der Waals surface area contributed by atoms with Gasteiger partial charge in [0.15, 0.2) is 0 Å². The van der Waals surface area contributed by atoms with Crippen LogP contribution in [0.2, 0.25) is 0 Å². The van der Waals surface area contributed by atoms with Crippen molar-refractivity contribution in [2.24, 2.45) is 0 Å². The highest BCUT2D eigenvalue weighted by Crippen LogP contribution is 2.32. The van der Waals surface area contributed by atoms with Crippen molar-refractivity contribution in [3.05, 3.63) is 69.4 Å². The smallest absolute Gasteiger partial charge is 0.207 e. The molecule has 2 aromatic rings. The quantitative estimate of drug-likeness (QED) is 0.443. The van der Waals surface area contributed by atoms with Crippen molar-refractivity contribution in [2.75, 3.05) is 0 Å². The molecule has 0 bridgehead atoms. The lowest BCUT2D eigenvalue weighted by Crippen LogP contribution is -2.05. The molecule has 6 heteroatoms. The molecule has 0 nitrogen and oxygen atoms in total. The highest BCUT2D eigenvalue weighted by molar-refractivity contribution is 9.10. The highest BCUT2D eigenvalue weighted by atomic mass is 79.9. The first-order valence-corrected chi connectivity index (χ1v) is 7.25. The molecule has 0 aliphatic carbocycles. The number of hydrogen-bond donors (Lipinski definition) is 0. The Morgan fingerprint density at radius 2 is 1.67 bits per heavy atom. The summed E-state index contributed by atoms with van der Waals surface area (Å²) in [4.78, 5) is 0. The van der Waals surface area contributed by atoms with E-state index in [2.05, 4.69) is 15.9 Å². The first kappa shape index (κ1) is 16.3. The molecule has 112 valence electrons. The summed E-state index contributed by atoms with van der Waals surface area (Å²) in [5, 5.41) is -0.644. The topological polar surface area (TPSA) is 0 Å². The van der Waals surface area contributed by atoms with Crippen molar-refractivity contribution in [3.8, 4) is 0 Å². The van der Waals surface area contributed by atoms with Crippen molar-refractivity contribution >= 4 is 27.5 Å². The summed E-state index contributed by atoms with van der Waals surface area (Å²) in [7, 11) is 0. The van der Waals surface area contributed by atoms with E-state index < -0.39 is 22.9 Å². The van der Waals surface area contributed by atoms with Gasteiger partial charge in [0.1, 0.15) is 5.82 Å². The summed E-state index contributed by atoms with van der Waals surface area (Å²) in [6.07, 6.45) is -4.12. The first-order chi connectivity index (χ1) is 9.77. The van der Waals surface area contributed by atoms with Gasteiger partial charge in [0.25, 0.3) is 0 Å². The van der Waals surface area contributed by atoms with Crippen LogP contribution in [0.3, 0.4) is 0 Å². The van der Waals surface area contributed by atoms with Crippen LogP contribution < -0.4 is 0 Å². The molecule has 0 saturated carbocycles. The summed E-state index contributed by atoms with van der Waals surface area (Å²) in [5.41, 5.74) is 0.220. The fourth-order valence-corrected chi connectivity index (χ4v) is 2.59. The minimum absolute atomic E-state index is 0.248. The second-order valence-corrected chi connectivity index (χ2v) is 5.97. The van der Waals surface area contributed by atoms with Crippen LogP contribution in [0, 0.1) is 5.82 Å². The predicted octanol–water partition coefficient (Wildman–Crippen LogP) is 6.13. The monoisotopic (exact) mass is 380 g/mol. The van der Waals surface area contributed by atoms with Gasteiger partial charge in [-0.05, 0) is 36.2 Å². The lowest BCUT2D eigenvalue weighted by Gasteiger charge is -2.12. The van der Waals surface area contributed by atoms with Crippen LogP contribution in [0.25, 0.3) is 0 Å². The van der Waals surface area contributed by atoms with Crippen molar-refractivity contribution in [3.63, 3.8) is 0 Å². The molecule has 0 amide bonds. The van der Waals surface area contributed by atoms with Gasteiger partial charge < -0.3 is 0 Å². The third-order valence-electron chi connectivity index (χ3n) is 3.00. The Morgan fingerprint density at radius 1 is 1.05 bits per heavy atom. The Balaban J connectivity index is 2.14. The number of rotatable bonds is 3. The van der Waals surface area contributed by atoms with Gasteiger partial charge >= 0.3 is 6.18 Å². The summed E-state index contributed by atoms with van der Waals surface area (Å²) in [6.45, 7) is 0. The van der Waals surface area contributed by atoms with Gasteiger partial charge in [-0.25, -0.2) is 4.39 Å². The van der Waals surface area contributed by atoms with Gasteiger partial charge in [0, 0.05) is 10.0 Å². The molecule has 0 fully saturated rings. The van der Waals surface area contributed by atoms with E-state index in [1.165, 1.54) is 18.2 Å². The molecular weight excluding hydrogens is 372 g/mol. The predicted molar refractivity (Wildman–Crippen MR) is 77.8 cm³/mol. The van der Waals surface area contributed by atoms with Crippen molar-refractivity contribution in [1.82, 2.24) is 0 Å². The minimum Gasteiger partial charge on any atom is -0.207 e. The van der Waals surface area contributed by atoms with Crippen LogP contribution in [0.5, 0.6) is 0 Å². The molecule has 0 saturated heterocycles. The van der Waals surface area contributed by atoms with Crippen LogP contribution in [0.1, 0.15) is 22.1 Å². The van der Waals surface area contributed by atoms with Crippen molar-refractivity contribution < 1.29 is 17.6 Å². The van der Waals surface area contributed by atoms with E-state index in [4.69, 9.17) is 11.6 Å². The van der Waals surface area contributed by atoms with Crippen molar-refractivity contribution in [1.29, 1.82) is 0 Å². The summed E-state index contributed by atoms with van der Waals surface area (Å²) >= 11 is 9.30. The number of benzene rings is 2. The zero-order valence-electron chi connectivity index (χ0n) is 10.6. The van der Waals surface area contributed by atoms with Gasteiger partial charge in [-0.2, -0.15) is 13.2 Å². The summed E-state index contributed by atoms with van der Waals surface area (Å²) in [5.74, 6) is -0.448. The van der Waals surface area contributed by atoms with E-state index >= 15 is 0 Å². The van der Waals surface area contributed by atoms with Gasteiger partial charge in [-0.3, -0.25) is 0 Å². The molecule has 1 unspecified atom stereocenters. The molecule has 0 spiro atoms. The average Bonchev–Trinajstić information content (AvgIpc) is 2.38. The largest absolute Gasteiger partial charge is 0.416 e. The maximum atomic E-state index is 13.8. The van der Waals surface area contributed by atoms with E-state index in [0.29, 0.717) is 15.6 Å². The van der Waals surface area contributed by atoms with Crippen LogP contribution in [0.4, 0.5) is 17.6 Å². The Morgan fingerprint density at radius 3 is 2.19 bits per heavy atom. The average molecular weight is 382 g/mol. The molecule has 0 radical (unpaired) electrons. The van der Waals surface area contributed by atoms with Gasteiger partial charge in [0.05, 0.1) is 10.9 Å². The maximum Gasteiger partial charge on any atom is 0.416 e. The highest BCUT2D eigenvalue weighted by Gasteiger charge is 2.30. The third-order valence-corrected chi connectivity index (χ3v) is 3.88. The van der Waals surface area contributed by atoms with E-state index in [1.54, 1.807) is 12.1 Å². The van der Waals surface area contributed by atoms with E-state index in [0.717, 1.165) is 12.1 Å². The fraction of sp³-hybridized carbons (Fsp3) is 0.200. The molecule has 2 aromatic carbocycles. The molecule has 1 atom stereocenters. The molecule has 2 rings (SSSR count). The van der Waals surface area contributed by atoms with Crippen LogP contribution in [-0.2, 0) is 12.6 Å². The van der Waals surface area contributed by atoms with E-state index in [1.807, 2.05) is 0 Å². The molecule has 0 aliphatic heterocycles. The lowest BCUT2D eigenvalue weighted by molar-refractivity contribution is -0.137. The SMILES string of the molecule is Fc1cc(Br)ccc1C(Cl)Cc1ccc(C(F)(F)F)cc1. The molecule has 0 N–H and O–H groups in total. The zero-order chi connectivity index (χ0) is 15.6. The lowest BCUT2D eigenvalue weighted by atomic mass is 10.0. The van der Waals surface area contributed by atoms with Gasteiger partial charge in [-0.1, -0.05) is 34.1 Å². The number of alkyl halides is 4. The van der Waals surface area contributed by atoms with Gasteiger partial charge in [0.2, 0.25) is 0 Å². The van der Waals surface area contributed by atoms with Crippen LogP contribution in [0.15, 0.2) is 46.9 Å². The van der Waals surface area contributed by atoms with E-state index in [-0.39, 0.29) is 6.42 Å². The standard InChI is InChI=1S/C15H10BrClF4/c16-11-5-6-12(14(18)8-11)13(17)7-9-1-3-10(4-2-9)15(19,20)21/h1-6,8,13H,7H2. The molecule has 0 heterocycles. The minimum atomic E-state index is -4.36. The molecular formula is C15H10BrClF4. The summed E-state index contributed by atoms with van der Waals surface area (Å²) < 4.78 is 51.7. The molecule has 21 heavy (non-hydrogen) atoms. The number of halogens is 6. The first-order valence-electron chi connectivity index (χ1n) is 6.02. The zero-order valence-corrected chi connectivity index (χ0v) is 12.9. The van der Waals surface area contributed by atoms with Crippen molar-refractivity contribution in [2.45, 2.75) is 18.0 Å². The Bertz CT molecular complexity index is 623. The Hall–Kier alpha value is -1.07. The Labute approximate surface area is 132 Å². The van der Waals surface area contributed by atoms with E-state index in [9.17, 15) is 17.6 Å². The number of hydrogen-bond acceptors (Lipinski definition) is 0. The van der Waals surface area contributed by atoms with Gasteiger partial charge in [-0.15, -0.1) is 11.6 Å². The molecule has 0 aromatic heterocycles. The molecule has 0 aliphatic rings.